The average Bonchev–Trinajstić information content (AvgIpc) is 2.37. The molecule has 19 heavy (non-hydrogen) atoms. The van der Waals surface area contributed by atoms with Crippen molar-refractivity contribution in [3.05, 3.63) is 0 Å². The van der Waals surface area contributed by atoms with E-state index in [2.05, 4.69) is 20.8 Å². The molecule has 114 valence electrons. The van der Waals surface area contributed by atoms with E-state index in [1.165, 1.54) is 0 Å². The lowest BCUT2D eigenvalue weighted by molar-refractivity contribution is 0.132. The largest absolute Gasteiger partial charge is 0.330 e. The summed E-state index contributed by atoms with van der Waals surface area (Å²) >= 11 is 0. The predicted octanol–water partition coefficient (Wildman–Crippen LogP) is 2.99. The van der Waals surface area contributed by atoms with E-state index >= 15 is 0 Å². The molecule has 0 aliphatic heterocycles. The molecule has 0 bridgehead atoms. The average molecular weight is 289 g/mol. The van der Waals surface area contributed by atoms with Gasteiger partial charge in [0.25, 0.3) is 0 Å². The summed E-state index contributed by atoms with van der Waals surface area (Å²) in [6.07, 6.45) is 4.72. The molecule has 0 heterocycles. The van der Waals surface area contributed by atoms with Crippen molar-refractivity contribution in [2.45, 2.75) is 65.0 Å². The van der Waals surface area contributed by atoms with Crippen LogP contribution in [-0.4, -0.2) is 26.0 Å². The highest BCUT2D eigenvalue weighted by atomic mass is 32.2. The molecule has 0 aromatic heterocycles. The first-order chi connectivity index (χ1) is 8.78. The van der Waals surface area contributed by atoms with E-state index < -0.39 is 9.84 Å². The van der Waals surface area contributed by atoms with Crippen LogP contribution in [0.15, 0.2) is 0 Å². The monoisotopic (exact) mass is 289 g/mol. The van der Waals surface area contributed by atoms with Crippen LogP contribution in [0, 0.1) is 17.3 Å². The summed E-state index contributed by atoms with van der Waals surface area (Å²) in [6, 6.07) is 0. The fourth-order valence-electron chi connectivity index (χ4n) is 3.34. The molecule has 3 unspecified atom stereocenters. The van der Waals surface area contributed by atoms with E-state index in [-0.39, 0.29) is 16.6 Å². The van der Waals surface area contributed by atoms with Gasteiger partial charge in [0.2, 0.25) is 0 Å². The van der Waals surface area contributed by atoms with Crippen molar-refractivity contribution < 1.29 is 8.42 Å². The highest BCUT2D eigenvalue weighted by molar-refractivity contribution is 7.92. The molecule has 2 N–H and O–H groups in total. The minimum atomic E-state index is -2.98. The van der Waals surface area contributed by atoms with Gasteiger partial charge in [0, 0.05) is 0 Å². The zero-order valence-corrected chi connectivity index (χ0v) is 13.8. The highest BCUT2D eigenvalue weighted by Gasteiger charge is 2.41. The van der Waals surface area contributed by atoms with E-state index in [4.69, 9.17) is 5.73 Å². The summed E-state index contributed by atoms with van der Waals surface area (Å²) < 4.78 is 24.9. The maximum Gasteiger partial charge on any atom is 0.153 e. The van der Waals surface area contributed by atoms with Gasteiger partial charge in [-0.25, -0.2) is 8.42 Å². The molecular formula is C15H31NO2S. The van der Waals surface area contributed by atoms with Crippen molar-refractivity contribution in [1.82, 2.24) is 0 Å². The molecular weight excluding hydrogens is 258 g/mol. The molecule has 0 radical (unpaired) electrons. The van der Waals surface area contributed by atoms with E-state index in [1.54, 1.807) is 0 Å². The Labute approximate surface area is 119 Å². The van der Waals surface area contributed by atoms with Gasteiger partial charge in [0.1, 0.15) is 0 Å². The fraction of sp³-hybridized carbons (Fsp3) is 1.00. The molecule has 0 spiro atoms. The van der Waals surface area contributed by atoms with Crippen molar-refractivity contribution in [2.24, 2.45) is 23.0 Å². The Bertz CT molecular complexity index is 376. The summed E-state index contributed by atoms with van der Waals surface area (Å²) in [4.78, 5) is 0. The Hall–Kier alpha value is -0.0900. The normalized spacial score (nSPS) is 29.4. The van der Waals surface area contributed by atoms with Gasteiger partial charge >= 0.3 is 0 Å². The van der Waals surface area contributed by atoms with E-state index in [9.17, 15) is 8.42 Å². The van der Waals surface area contributed by atoms with Gasteiger partial charge in [-0.2, -0.15) is 0 Å². The Kier molecular flexibility index (Phi) is 5.87. The second-order valence-corrected chi connectivity index (χ2v) is 9.09. The zero-order chi connectivity index (χ0) is 14.7. The first-order valence-corrected chi connectivity index (χ1v) is 9.41. The molecule has 0 aromatic rings. The highest BCUT2D eigenvalue weighted by Crippen LogP contribution is 2.44. The van der Waals surface area contributed by atoms with E-state index in [1.807, 2.05) is 6.92 Å². The predicted molar refractivity (Wildman–Crippen MR) is 81.8 cm³/mol. The number of rotatable bonds is 6. The molecule has 3 nitrogen and oxygen atoms in total. The van der Waals surface area contributed by atoms with Gasteiger partial charge in [-0.3, -0.25) is 0 Å². The Morgan fingerprint density at radius 2 is 1.84 bits per heavy atom. The zero-order valence-electron chi connectivity index (χ0n) is 13.0. The van der Waals surface area contributed by atoms with Crippen LogP contribution >= 0.6 is 0 Å². The minimum absolute atomic E-state index is 0.167. The number of hydrogen-bond acceptors (Lipinski definition) is 3. The van der Waals surface area contributed by atoms with Crippen molar-refractivity contribution in [2.75, 3.05) is 12.3 Å². The molecule has 1 rings (SSSR count). The number of nitrogens with two attached hydrogens (primary N) is 1. The van der Waals surface area contributed by atoms with Gasteiger partial charge in [-0.05, 0) is 49.5 Å². The van der Waals surface area contributed by atoms with Crippen LogP contribution in [0.5, 0.6) is 0 Å². The van der Waals surface area contributed by atoms with E-state index in [0.717, 1.165) is 25.7 Å². The summed E-state index contributed by atoms with van der Waals surface area (Å²) in [7, 11) is -2.98. The van der Waals surface area contributed by atoms with Gasteiger partial charge in [-0.1, -0.05) is 34.1 Å². The molecule has 1 aliphatic rings. The molecule has 4 heteroatoms. The molecule has 1 aliphatic carbocycles. The lowest BCUT2D eigenvalue weighted by Crippen LogP contribution is -2.43. The SMILES string of the molecule is CCCS(=O)(=O)C1CC(C(C)(C)CC)CCC1CN. The summed E-state index contributed by atoms with van der Waals surface area (Å²) in [5.41, 5.74) is 6.04. The van der Waals surface area contributed by atoms with Crippen molar-refractivity contribution in [3.8, 4) is 0 Å². The molecule has 0 amide bonds. The first-order valence-electron chi connectivity index (χ1n) is 7.70. The second kappa shape index (κ2) is 6.57. The molecule has 0 saturated heterocycles. The smallest absolute Gasteiger partial charge is 0.153 e. The van der Waals surface area contributed by atoms with Crippen LogP contribution < -0.4 is 5.73 Å². The van der Waals surface area contributed by atoms with Crippen LogP contribution in [-0.2, 0) is 9.84 Å². The van der Waals surface area contributed by atoms with Crippen molar-refractivity contribution in [1.29, 1.82) is 0 Å². The summed E-state index contributed by atoms with van der Waals surface area (Å²) in [6.45, 7) is 9.18. The van der Waals surface area contributed by atoms with Crippen LogP contribution in [0.1, 0.15) is 59.8 Å². The van der Waals surface area contributed by atoms with Crippen LogP contribution in [0.2, 0.25) is 0 Å². The van der Waals surface area contributed by atoms with Gasteiger partial charge in [0.15, 0.2) is 9.84 Å². The minimum Gasteiger partial charge on any atom is -0.330 e. The summed E-state index contributed by atoms with van der Waals surface area (Å²) in [5, 5.41) is -0.206. The lowest BCUT2D eigenvalue weighted by atomic mass is 9.67. The molecule has 1 saturated carbocycles. The standard InChI is InChI=1S/C15H31NO2S/c1-5-9-19(17,18)14-10-13(15(3,4)6-2)8-7-12(14)11-16/h12-14H,5-11,16H2,1-4H3. The van der Waals surface area contributed by atoms with E-state index in [0.29, 0.717) is 24.6 Å². The van der Waals surface area contributed by atoms with Gasteiger partial charge in [-0.15, -0.1) is 0 Å². The molecule has 1 fully saturated rings. The number of hydrogen-bond donors (Lipinski definition) is 1. The molecule has 3 atom stereocenters. The van der Waals surface area contributed by atoms with Crippen LogP contribution in [0.25, 0.3) is 0 Å². The Morgan fingerprint density at radius 1 is 1.21 bits per heavy atom. The topological polar surface area (TPSA) is 60.2 Å². The third-order valence-electron chi connectivity index (χ3n) is 5.20. The lowest BCUT2D eigenvalue weighted by Gasteiger charge is -2.42. The Balaban J connectivity index is 2.92. The fourth-order valence-corrected chi connectivity index (χ4v) is 5.57. The quantitative estimate of drug-likeness (QED) is 0.817. The maximum atomic E-state index is 12.5. The van der Waals surface area contributed by atoms with Gasteiger partial charge < -0.3 is 5.73 Å². The second-order valence-electron chi connectivity index (χ2n) is 6.75. The third-order valence-corrected chi connectivity index (χ3v) is 7.67. The van der Waals surface area contributed by atoms with Crippen molar-refractivity contribution >= 4 is 9.84 Å². The first kappa shape index (κ1) is 17.0. The van der Waals surface area contributed by atoms with Crippen LogP contribution in [0.4, 0.5) is 0 Å². The molecule has 0 aromatic carbocycles. The van der Waals surface area contributed by atoms with Crippen molar-refractivity contribution in [3.63, 3.8) is 0 Å². The van der Waals surface area contributed by atoms with Gasteiger partial charge in [0.05, 0.1) is 11.0 Å². The Morgan fingerprint density at radius 3 is 2.32 bits per heavy atom. The summed E-state index contributed by atoms with van der Waals surface area (Å²) in [5.74, 6) is 0.991. The maximum absolute atomic E-state index is 12.5. The number of sulfone groups is 1. The van der Waals surface area contributed by atoms with Crippen LogP contribution in [0.3, 0.4) is 0 Å². The third kappa shape index (κ3) is 3.94.